The lowest BCUT2D eigenvalue weighted by Crippen LogP contribution is -2.38. The molecule has 5 rings (SSSR count). The maximum atomic E-state index is 13.3. The SMILES string of the molecule is Cc1ccn(N2CCc3ccccc32)c(=O)c1C#Cc1ccc(N2CC[C@H](C(N)=O)C2)nc1. The van der Waals surface area contributed by atoms with Crippen LogP contribution in [0.15, 0.2) is 59.7 Å². The highest BCUT2D eigenvalue weighted by Gasteiger charge is 2.27. The van der Waals surface area contributed by atoms with Gasteiger partial charge in [-0.25, -0.2) is 9.66 Å². The predicted molar refractivity (Wildman–Crippen MR) is 128 cm³/mol. The number of fused-ring (bicyclic) bond motifs is 1. The lowest BCUT2D eigenvalue weighted by atomic mass is 10.1. The normalized spacial score (nSPS) is 16.9. The first-order valence-corrected chi connectivity index (χ1v) is 11.1. The van der Waals surface area contributed by atoms with Gasteiger partial charge in [0.25, 0.3) is 5.56 Å². The van der Waals surface area contributed by atoms with Gasteiger partial charge in [0.1, 0.15) is 5.82 Å². The smallest absolute Gasteiger partial charge is 0.285 e. The third-order valence-electron chi connectivity index (χ3n) is 6.40. The number of aryl methyl sites for hydroxylation is 1. The van der Waals surface area contributed by atoms with Gasteiger partial charge >= 0.3 is 0 Å². The van der Waals surface area contributed by atoms with E-state index in [-0.39, 0.29) is 17.4 Å². The second kappa shape index (κ2) is 8.47. The number of hydrogen-bond acceptors (Lipinski definition) is 5. The van der Waals surface area contributed by atoms with Gasteiger partial charge in [0.05, 0.1) is 17.2 Å². The molecule has 4 heterocycles. The maximum absolute atomic E-state index is 13.3. The monoisotopic (exact) mass is 439 g/mol. The highest BCUT2D eigenvalue weighted by molar-refractivity contribution is 5.78. The average Bonchev–Trinajstić information content (AvgIpc) is 3.48. The van der Waals surface area contributed by atoms with Gasteiger partial charge in [-0.3, -0.25) is 14.6 Å². The Morgan fingerprint density at radius 2 is 1.97 bits per heavy atom. The van der Waals surface area contributed by atoms with Crippen LogP contribution in [0.25, 0.3) is 0 Å². The molecule has 7 nitrogen and oxygen atoms in total. The molecule has 0 unspecified atom stereocenters. The van der Waals surface area contributed by atoms with Crippen LogP contribution in [0.5, 0.6) is 0 Å². The summed E-state index contributed by atoms with van der Waals surface area (Å²) in [4.78, 5) is 31.2. The van der Waals surface area contributed by atoms with Crippen LogP contribution in [-0.4, -0.2) is 35.2 Å². The number of primary amides is 1. The van der Waals surface area contributed by atoms with Crippen molar-refractivity contribution < 1.29 is 4.79 Å². The first-order valence-electron chi connectivity index (χ1n) is 11.1. The maximum Gasteiger partial charge on any atom is 0.285 e. The highest BCUT2D eigenvalue weighted by Crippen LogP contribution is 2.27. The summed E-state index contributed by atoms with van der Waals surface area (Å²) < 4.78 is 1.66. The fraction of sp³-hybridized carbons (Fsp3) is 0.269. The summed E-state index contributed by atoms with van der Waals surface area (Å²) in [6, 6.07) is 13.9. The van der Waals surface area contributed by atoms with Crippen LogP contribution in [-0.2, 0) is 11.2 Å². The molecule has 2 aliphatic rings. The lowest BCUT2D eigenvalue weighted by Gasteiger charge is -2.22. The van der Waals surface area contributed by atoms with E-state index in [4.69, 9.17) is 5.73 Å². The van der Waals surface area contributed by atoms with Gasteiger partial charge in [0.2, 0.25) is 5.91 Å². The van der Waals surface area contributed by atoms with Crippen LogP contribution < -0.4 is 21.2 Å². The third-order valence-corrected chi connectivity index (χ3v) is 6.40. The summed E-state index contributed by atoms with van der Waals surface area (Å²) in [6.07, 6.45) is 5.18. The van der Waals surface area contributed by atoms with Crippen molar-refractivity contribution >= 4 is 17.4 Å². The number of nitrogens with zero attached hydrogens (tertiary/aromatic N) is 4. The number of pyridine rings is 2. The van der Waals surface area contributed by atoms with Crippen LogP contribution in [0.3, 0.4) is 0 Å². The molecule has 1 fully saturated rings. The van der Waals surface area contributed by atoms with Crippen molar-refractivity contribution in [3.05, 3.63) is 87.5 Å². The number of hydrogen-bond donors (Lipinski definition) is 1. The highest BCUT2D eigenvalue weighted by atomic mass is 16.1. The van der Waals surface area contributed by atoms with Gasteiger partial charge < -0.3 is 10.6 Å². The molecule has 1 atom stereocenters. The third kappa shape index (κ3) is 3.96. The molecule has 7 heteroatoms. The number of anilines is 2. The van der Waals surface area contributed by atoms with Crippen molar-refractivity contribution in [1.29, 1.82) is 0 Å². The Morgan fingerprint density at radius 1 is 1.12 bits per heavy atom. The Labute approximate surface area is 192 Å². The summed E-state index contributed by atoms with van der Waals surface area (Å²) in [7, 11) is 0. The van der Waals surface area contributed by atoms with Crippen LogP contribution in [0.1, 0.15) is 28.7 Å². The topological polar surface area (TPSA) is 84.5 Å². The van der Waals surface area contributed by atoms with Gasteiger partial charge in [-0.2, -0.15) is 0 Å². The second-order valence-corrected chi connectivity index (χ2v) is 8.51. The van der Waals surface area contributed by atoms with Crippen LogP contribution in [0.2, 0.25) is 0 Å². The van der Waals surface area contributed by atoms with Gasteiger partial charge in [-0.15, -0.1) is 0 Å². The van der Waals surface area contributed by atoms with Gasteiger partial charge in [0, 0.05) is 37.6 Å². The minimum atomic E-state index is -0.263. The van der Waals surface area contributed by atoms with Crippen molar-refractivity contribution in [3.8, 4) is 11.8 Å². The minimum Gasteiger partial charge on any atom is -0.369 e. The van der Waals surface area contributed by atoms with Crippen LogP contribution in [0.4, 0.5) is 11.5 Å². The summed E-state index contributed by atoms with van der Waals surface area (Å²) in [6.45, 7) is 4.01. The van der Waals surface area contributed by atoms with E-state index < -0.39 is 0 Å². The van der Waals surface area contributed by atoms with Crippen molar-refractivity contribution in [2.45, 2.75) is 19.8 Å². The van der Waals surface area contributed by atoms with Gasteiger partial charge in [-0.1, -0.05) is 30.0 Å². The molecule has 3 aromatic rings. The van der Waals surface area contributed by atoms with Crippen molar-refractivity contribution in [2.24, 2.45) is 11.7 Å². The number of aromatic nitrogens is 2. The summed E-state index contributed by atoms with van der Waals surface area (Å²) in [5, 5.41) is 2.01. The molecule has 0 spiro atoms. The predicted octanol–water partition coefficient (Wildman–Crippen LogP) is 2.09. The first-order chi connectivity index (χ1) is 16.0. The second-order valence-electron chi connectivity index (χ2n) is 8.51. The fourth-order valence-corrected chi connectivity index (χ4v) is 4.49. The summed E-state index contributed by atoms with van der Waals surface area (Å²) >= 11 is 0. The van der Waals surface area contributed by atoms with Gasteiger partial charge in [-0.05, 0) is 55.2 Å². The molecule has 166 valence electrons. The number of amides is 1. The van der Waals surface area contributed by atoms with Crippen molar-refractivity contribution in [1.82, 2.24) is 9.66 Å². The minimum absolute atomic E-state index is 0.127. The molecular weight excluding hydrogens is 414 g/mol. The zero-order valence-corrected chi connectivity index (χ0v) is 18.5. The van der Waals surface area contributed by atoms with E-state index in [9.17, 15) is 9.59 Å². The largest absolute Gasteiger partial charge is 0.369 e. The molecule has 2 aromatic heterocycles. The Hall–Kier alpha value is -4.05. The lowest BCUT2D eigenvalue weighted by molar-refractivity contribution is -0.121. The number of carbonyl (C=O) groups is 1. The van der Waals surface area contributed by atoms with E-state index >= 15 is 0 Å². The number of rotatable bonds is 3. The summed E-state index contributed by atoms with van der Waals surface area (Å²) in [5.74, 6) is 6.57. The average molecular weight is 440 g/mol. The molecule has 0 saturated carbocycles. The van der Waals surface area contributed by atoms with E-state index in [1.54, 1.807) is 10.9 Å². The molecule has 0 bridgehead atoms. The number of nitrogens with two attached hydrogens (primary N) is 1. The van der Waals surface area contributed by atoms with Gasteiger partial charge in [0.15, 0.2) is 0 Å². The number of para-hydroxylation sites is 1. The number of carbonyl (C=O) groups excluding carboxylic acids is 1. The van der Waals surface area contributed by atoms with Crippen molar-refractivity contribution in [2.75, 3.05) is 29.5 Å². The Balaban J connectivity index is 1.39. The zero-order valence-electron chi connectivity index (χ0n) is 18.5. The quantitative estimate of drug-likeness (QED) is 0.632. The van der Waals surface area contributed by atoms with E-state index in [1.165, 1.54) is 5.56 Å². The van der Waals surface area contributed by atoms with Crippen LogP contribution >= 0.6 is 0 Å². The number of benzene rings is 1. The van der Waals surface area contributed by atoms with Crippen molar-refractivity contribution in [3.63, 3.8) is 0 Å². The fourth-order valence-electron chi connectivity index (χ4n) is 4.49. The standard InChI is InChI=1S/C26H25N5O2/c1-18-10-14-31(30-15-12-20-4-2-3-5-23(20)30)26(33)22(18)8-6-19-7-9-24(28-16-19)29-13-11-21(17-29)25(27)32/h2-5,7,9-10,14,16,21H,11-13,15,17H2,1H3,(H2,27,32)/t21-/m0/s1. The molecule has 1 saturated heterocycles. The molecule has 1 aromatic carbocycles. The molecule has 2 N–H and O–H groups in total. The Morgan fingerprint density at radius 3 is 2.73 bits per heavy atom. The molecule has 2 aliphatic heterocycles. The zero-order chi connectivity index (χ0) is 22.9. The molecule has 0 aliphatic carbocycles. The summed E-state index contributed by atoms with van der Waals surface area (Å²) in [5.41, 5.74) is 9.64. The first kappa shape index (κ1) is 20.8. The van der Waals surface area contributed by atoms with E-state index in [1.807, 2.05) is 54.5 Å². The molecular formula is C26H25N5O2. The molecule has 0 radical (unpaired) electrons. The molecule has 1 amide bonds. The molecule has 33 heavy (non-hydrogen) atoms. The Kier molecular flexibility index (Phi) is 5.35. The van der Waals surface area contributed by atoms with E-state index in [0.29, 0.717) is 12.1 Å². The van der Waals surface area contributed by atoms with E-state index in [2.05, 4.69) is 27.8 Å². The van der Waals surface area contributed by atoms with Crippen LogP contribution in [0, 0.1) is 24.7 Å². The Bertz CT molecular complexity index is 1330. The van der Waals surface area contributed by atoms with E-state index in [0.717, 1.165) is 48.6 Å².